The van der Waals surface area contributed by atoms with Crippen LogP contribution >= 0.6 is 15.9 Å². The molecule has 16 heavy (non-hydrogen) atoms. The molecule has 0 N–H and O–H groups in total. The van der Waals surface area contributed by atoms with Crippen molar-refractivity contribution in [2.45, 2.75) is 33.9 Å². The second kappa shape index (κ2) is 4.41. The average Bonchev–Trinajstić information content (AvgIpc) is 2.81. The lowest BCUT2D eigenvalue weighted by atomic mass is 10.4. The third-order valence-electron chi connectivity index (χ3n) is 2.73. The van der Waals surface area contributed by atoms with Gasteiger partial charge in [-0.2, -0.15) is 5.10 Å². The van der Waals surface area contributed by atoms with Gasteiger partial charge in [-0.15, -0.1) is 0 Å². The standard InChI is InChI=1S/C11H15BrN4/c1-4-15-6-5-13-10(15)7-16-9(3)11(12)8(2)14-16/h5-6H,4,7H2,1-3H3. The summed E-state index contributed by atoms with van der Waals surface area (Å²) in [6.45, 7) is 7.83. The van der Waals surface area contributed by atoms with Crippen molar-refractivity contribution < 1.29 is 0 Å². The maximum atomic E-state index is 4.48. The summed E-state index contributed by atoms with van der Waals surface area (Å²) in [6.07, 6.45) is 3.83. The van der Waals surface area contributed by atoms with E-state index < -0.39 is 0 Å². The van der Waals surface area contributed by atoms with Crippen LogP contribution in [-0.4, -0.2) is 19.3 Å². The van der Waals surface area contributed by atoms with Crippen molar-refractivity contribution in [3.05, 3.63) is 34.1 Å². The predicted molar refractivity (Wildman–Crippen MR) is 66.4 cm³/mol. The van der Waals surface area contributed by atoms with Gasteiger partial charge in [-0.25, -0.2) is 4.98 Å². The van der Waals surface area contributed by atoms with Crippen molar-refractivity contribution in [2.75, 3.05) is 0 Å². The van der Waals surface area contributed by atoms with Gasteiger partial charge in [0.05, 0.1) is 22.4 Å². The lowest BCUT2D eigenvalue weighted by Gasteiger charge is -2.06. The molecule has 0 bridgehead atoms. The average molecular weight is 283 g/mol. The zero-order valence-electron chi connectivity index (χ0n) is 9.74. The second-order valence-electron chi connectivity index (χ2n) is 3.77. The van der Waals surface area contributed by atoms with Crippen LogP contribution < -0.4 is 0 Å². The van der Waals surface area contributed by atoms with Gasteiger partial charge in [0.25, 0.3) is 0 Å². The summed E-state index contributed by atoms with van der Waals surface area (Å²) in [5, 5.41) is 4.48. The van der Waals surface area contributed by atoms with E-state index in [2.05, 4.69) is 44.4 Å². The van der Waals surface area contributed by atoms with Crippen LogP contribution in [0.15, 0.2) is 16.9 Å². The minimum absolute atomic E-state index is 0.721. The molecule has 2 heterocycles. The van der Waals surface area contributed by atoms with E-state index in [-0.39, 0.29) is 0 Å². The SMILES string of the molecule is CCn1ccnc1Cn1nc(C)c(Br)c1C. The summed E-state index contributed by atoms with van der Waals surface area (Å²) in [5.74, 6) is 1.04. The van der Waals surface area contributed by atoms with Crippen molar-refractivity contribution in [2.24, 2.45) is 0 Å². The number of hydrogen-bond acceptors (Lipinski definition) is 2. The highest BCUT2D eigenvalue weighted by Gasteiger charge is 2.10. The van der Waals surface area contributed by atoms with Gasteiger partial charge in [0.15, 0.2) is 0 Å². The third-order valence-corrected chi connectivity index (χ3v) is 3.87. The Labute approximate surface area is 103 Å². The Hall–Kier alpha value is -1.10. The molecule has 0 atom stereocenters. The van der Waals surface area contributed by atoms with E-state index in [1.165, 1.54) is 0 Å². The van der Waals surface area contributed by atoms with E-state index in [0.717, 1.165) is 34.8 Å². The van der Waals surface area contributed by atoms with E-state index in [4.69, 9.17) is 0 Å². The Morgan fingerprint density at radius 1 is 1.38 bits per heavy atom. The molecule has 0 aliphatic rings. The van der Waals surface area contributed by atoms with Crippen molar-refractivity contribution >= 4 is 15.9 Å². The number of imidazole rings is 1. The van der Waals surface area contributed by atoms with Crippen LogP contribution in [0.2, 0.25) is 0 Å². The molecule has 0 fully saturated rings. The molecule has 2 aromatic rings. The van der Waals surface area contributed by atoms with E-state index in [9.17, 15) is 0 Å². The van der Waals surface area contributed by atoms with Crippen LogP contribution in [0.1, 0.15) is 24.1 Å². The molecule has 0 radical (unpaired) electrons. The third kappa shape index (κ3) is 1.91. The lowest BCUT2D eigenvalue weighted by molar-refractivity contribution is 0.592. The molecule has 0 spiro atoms. The van der Waals surface area contributed by atoms with Gasteiger partial charge in [0.2, 0.25) is 0 Å². The first kappa shape index (κ1) is 11.4. The highest BCUT2D eigenvalue weighted by Crippen LogP contribution is 2.20. The number of aromatic nitrogens is 4. The van der Waals surface area contributed by atoms with Crippen LogP contribution in [0, 0.1) is 13.8 Å². The molecule has 0 saturated heterocycles. The summed E-state index contributed by atoms with van der Waals surface area (Å²) in [7, 11) is 0. The summed E-state index contributed by atoms with van der Waals surface area (Å²) >= 11 is 3.53. The highest BCUT2D eigenvalue weighted by atomic mass is 79.9. The van der Waals surface area contributed by atoms with Crippen LogP contribution in [0.25, 0.3) is 0 Å². The Morgan fingerprint density at radius 2 is 2.12 bits per heavy atom. The molecule has 0 aliphatic heterocycles. The number of nitrogens with zero attached hydrogens (tertiary/aromatic N) is 4. The minimum atomic E-state index is 0.721. The molecular formula is C11H15BrN4. The van der Waals surface area contributed by atoms with Crippen LogP contribution in [0.5, 0.6) is 0 Å². The zero-order chi connectivity index (χ0) is 11.7. The van der Waals surface area contributed by atoms with E-state index in [1.807, 2.05) is 24.0 Å². The second-order valence-corrected chi connectivity index (χ2v) is 4.56. The molecule has 4 nitrogen and oxygen atoms in total. The molecular weight excluding hydrogens is 268 g/mol. The van der Waals surface area contributed by atoms with E-state index >= 15 is 0 Å². The number of rotatable bonds is 3. The summed E-state index contributed by atoms with van der Waals surface area (Å²) in [5.41, 5.74) is 2.16. The fourth-order valence-electron chi connectivity index (χ4n) is 1.74. The topological polar surface area (TPSA) is 35.6 Å². The van der Waals surface area contributed by atoms with Crippen LogP contribution in [0.3, 0.4) is 0 Å². The first-order chi connectivity index (χ1) is 7.63. The Balaban J connectivity index is 2.30. The molecule has 0 saturated carbocycles. The molecule has 86 valence electrons. The summed E-state index contributed by atoms with van der Waals surface area (Å²) in [4.78, 5) is 4.35. The number of aryl methyl sites for hydroxylation is 2. The lowest BCUT2D eigenvalue weighted by Crippen LogP contribution is -2.10. The molecule has 5 heteroatoms. The van der Waals surface area contributed by atoms with Crippen molar-refractivity contribution in [1.82, 2.24) is 19.3 Å². The molecule has 0 aliphatic carbocycles. The van der Waals surface area contributed by atoms with Crippen molar-refractivity contribution in [3.8, 4) is 0 Å². The van der Waals surface area contributed by atoms with Gasteiger partial charge in [0, 0.05) is 18.9 Å². The number of halogens is 1. The van der Waals surface area contributed by atoms with Crippen molar-refractivity contribution in [1.29, 1.82) is 0 Å². The zero-order valence-corrected chi connectivity index (χ0v) is 11.3. The van der Waals surface area contributed by atoms with Gasteiger partial charge in [-0.3, -0.25) is 4.68 Å². The predicted octanol–water partition coefficient (Wildman–Crippen LogP) is 2.53. The summed E-state index contributed by atoms with van der Waals surface area (Å²) in [6, 6.07) is 0. The van der Waals surface area contributed by atoms with Crippen molar-refractivity contribution in [3.63, 3.8) is 0 Å². The summed E-state index contributed by atoms with van der Waals surface area (Å²) < 4.78 is 5.19. The molecule has 0 aromatic carbocycles. The van der Waals surface area contributed by atoms with E-state index in [0.29, 0.717) is 0 Å². The quantitative estimate of drug-likeness (QED) is 0.867. The highest BCUT2D eigenvalue weighted by molar-refractivity contribution is 9.10. The molecule has 0 amide bonds. The Bertz CT molecular complexity index is 498. The van der Waals surface area contributed by atoms with E-state index in [1.54, 1.807) is 0 Å². The first-order valence-electron chi connectivity index (χ1n) is 5.33. The van der Waals surface area contributed by atoms with Gasteiger partial charge in [-0.1, -0.05) is 0 Å². The van der Waals surface area contributed by atoms with Gasteiger partial charge < -0.3 is 4.57 Å². The first-order valence-corrected chi connectivity index (χ1v) is 6.12. The maximum absolute atomic E-state index is 4.48. The normalized spacial score (nSPS) is 11.0. The fourth-order valence-corrected chi connectivity index (χ4v) is 2.03. The molecule has 2 rings (SSSR count). The minimum Gasteiger partial charge on any atom is -0.334 e. The molecule has 2 aromatic heterocycles. The van der Waals surface area contributed by atoms with Gasteiger partial charge >= 0.3 is 0 Å². The Kier molecular flexibility index (Phi) is 3.14. The number of hydrogen-bond donors (Lipinski definition) is 0. The van der Waals surface area contributed by atoms with Crippen LogP contribution in [0.4, 0.5) is 0 Å². The Morgan fingerprint density at radius 3 is 2.69 bits per heavy atom. The molecule has 0 unspecified atom stereocenters. The van der Waals surface area contributed by atoms with Gasteiger partial charge in [0.1, 0.15) is 5.82 Å². The van der Waals surface area contributed by atoms with Crippen LogP contribution in [-0.2, 0) is 13.1 Å². The fraction of sp³-hybridized carbons (Fsp3) is 0.455. The monoisotopic (exact) mass is 282 g/mol. The maximum Gasteiger partial charge on any atom is 0.130 e. The smallest absolute Gasteiger partial charge is 0.130 e. The largest absolute Gasteiger partial charge is 0.334 e. The van der Waals surface area contributed by atoms with Gasteiger partial charge in [-0.05, 0) is 36.7 Å².